The highest BCUT2D eigenvalue weighted by molar-refractivity contribution is 5.63. The highest BCUT2D eigenvalue weighted by atomic mass is 15.3. The van der Waals surface area contributed by atoms with E-state index >= 15 is 0 Å². The molecule has 1 aliphatic heterocycles. The molecule has 3 heterocycles. The van der Waals surface area contributed by atoms with Gasteiger partial charge < -0.3 is 10.2 Å². The number of rotatable bonds is 2. The van der Waals surface area contributed by atoms with Crippen molar-refractivity contribution in [1.82, 2.24) is 24.9 Å². The first-order valence-corrected chi connectivity index (χ1v) is 5.45. The molecule has 0 radical (unpaired) electrons. The maximum atomic E-state index is 4.40. The van der Waals surface area contributed by atoms with E-state index in [-0.39, 0.29) is 0 Å². The molecule has 1 fully saturated rings. The Morgan fingerprint density at radius 1 is 1.50 bits per heavy atom. The Morgan fingerprint density at radius 2 is 2.44 bits per heavy atom. The van der Waals surface area contributed by atoms with E-state index in [1.165, 1.54) is 0 Å². The van der Waals surface area contributed by atoms with Crippen molar-refractivity contribution in [2.45, 2.75) is 12.5 Å². The first-order valence-electron chi connectivity index (χ1n) is 5.45. The van der Waals surface area contributed by atoms with Gasteiger partial charge in [0.05, 0.1) is 0 Å². The van der Waals surface area contributed by atoms with E-state index in [1.54, 1.807) is 12.5 Å². The summed E-state index contributed by atoms with van der Waals surface area (Å²) in [5.74, 6) is 0.928. The second kappa shape index (κ2) is 3.71. The number of nitrogens with zero attached hydrogens (tertiary/aromatic N) is 5. The summed E-state index contributed by atoms with van der Waals surface area (Å²) in [5, 5.41) is 11.3. The number of aromatic nitrogens is 4. The van der Waals surface area contributed by atoms with E-state index in [1.807, 2.05) is 17.6 Å². The van der Waals surface area contributed by atoms with Gasteiger partial charge in [-0.1, -0.05) is 0 Å². The first kappa shape index (κ1) is 9.53. The molecule has 0 spiro atoms. The second-order valence-corrected chi connectivity index (χ2v) is 4.03. The van der Waals surface area contributed by atoms with Gasteiger partial charge in [0, 0.05) is 31.5 Å². The average Bonchev–Trinajstić information content (AvgIpc) is 2.97. The summed E-state index contributed by atoms with van der Waals surface area (Å²) in [4.78, 5) is 6.66. The van der Waals surface area contributed by atoms with Gasteiger partial charge in [-0.25, -0.2) is 4.98 Å². The largest absolute Gasteiger partial charge is 0.352 e. The standard InChI is InChI=1S/C10H14N6/c1-11-8-2-4-15(6-8)9-10-14-13-7-16(10)5-3-12-9/h3,5,7-8,11H,2,4,6H2,1H3. The molecule has 1 aliphatic rings. The van der Waals surface area contributed by atoms with E-state index in [2.05, 4.69) is 25.4 Å². The molecule has 3 rings (SSSR count). The monoisotopic (exact) mass is 218 g/mol. The Morgan fingerprint density at radius 3 is 3.25 bits per heavy atom. The van der Waals surface area contributed by atoms with Gasteiger partial charge in [0.25, 0.3) is 0 Å². The smallest absolute Gasteiger partial charge is 0.203 e. The van der Waals surface area contributed by atoms with Gasteiger partial charge in [-0.2, -0.15) is 0 Å². The minimum Gasteiger partial charge on any atom is -0.352 e. The molecule has 1 atom stereocenters. The van der Waals surface area contributed by atoms with Crippen LogP contribution in [0.4, 0.5) is 5.82 Å². The SMILES string of the molecule is CNC1CCN(c2nccn3cnnc23)C1. The van der Waals surface area contributed by atoms with Crippen molar-refractivity contribution in [3.8, 4) is 0 Å². The third kappa shape index (κ3) is 1.42. The number of hydrogen-bond acceptors (Lipinski definition) is 5. The first-order chi connectivity index (χ1) is 7.88. The summed E-state index contributed by atoms with van der Waals surface area (Å²) in [7, 11) is 2.00. The van der Waals surface area contributed by atoms with Crippen LogP contribution in [-0.2, 0) is 0 Å². The molecule has 6 nitrogen and oxygen atoms in total. The molecule has 16 heavy (non-hydrogen) atoms. The molecule has 2 aromatic heterocycles. The van der Waals surface area contributed by atoms with Crippen LogP contribution in [0.15, 0.2) is 18.7 Å². The zero-order valence-electron chi connectivity index (χ0n) is 9.17. The van der Waals surface area contributed by atoms with E-state index < -0.39 is 0 Å². The van der Waals surface area contributed by atoms with Gasteiger partial charge in [-0.05, 0) is 13.5 Å². The molecule has 0 saturated carbocycles. The molecule has 0 aliphatic carbocycles. The second-order valence-electron chi connectivity index (χ2n) is 4.03. The summed E-state index contributed by atoms with van der Waals surface area (Å²) >= 11 is 0. The lowest BCUT2D eigenvalue weighted by Gasteiger charge is -2.17. The van der Waals surface area contributed by atoms with E-state index in [4.69, 9.17) is 0 Å². The molecule has 1 saturated heterocycles. The fourth-order valence-electron chi connectivity index (χ4n) is 2.16. The predicted octanol–water partition coefficient (Wildman–Crippen LogP) is -0.0776. The molecule has 0 amide bonds. The van der Waals surface area contributed by atoms with Crippen molar-refractivity contribution in [1.29, 1.82) is 0 Å². The van der Waals surface area contributed by atoms with Crippen LogP contribution in [0.5, 0.6) is 0 Å². The number of likely N-dealkylation sites (N-methyl/N-ethyl adjacent to an activating group) is 1. The van der Waals surface area contributed by atoms with Crippen LogP contribution < -0.4 is 10.2 Å². The maximum absolute atomic E-state index is 4.40. The summed E-state index contributed by atoms with van der Waals surface area (Å²) < 4.78 is 1.90. The fraction of sp³-hybridized carbons (Fsp3) is 0.500. The summed E-state index contributed by atoms with van der Waals surface area (Å²) in [6.07, 6.45) is 6.50. The normalized spacial score (nSPS) is 20.8. The Balaban J connectivity index is 1.97. The van der Waals surface area contributed by atoms with E-state index in [0.29, 0.717) is 6.04 Å². The maximum Gasteiger partial charge on any atom is 0.203 e. The van der Waals surface area contributed by atoms with Crippen LogP contribution in [0, 0.1) is 0 Å². The number of hydrogen-bond donors (Lipinski definition) is 1. The fourth-order valence-corrected chi connectivity index (χ4v) is 2.16. The highest BCUT2D eigenvalue weighted by Gasteiger charge is 2.24. The van der Waals surface area contributed by atoms with Gasteiger partial charge in [0.1, 0.15) is 6.33 Å². The minimum atomic E-state index is 0.546. The molecule has 0 aromatic carbocycles. The van der Waals surface area contributed by atoms with Crippen LogP contribution in [0.1, 0.15) is 6.42 Å². The highest BCUT2D eigenvalue weighted by Crippen LogP contribution is 2.20. The lowest BCUT2D eigenvalue weighted by molar-refractivity contribution is 0.616. The Hall–Kier alpha value is -1.69. The molecule has 6 heteroatoms. The zero-order chi connectivity index (χ0) is 11.0. The Bertz CT molecular complexity index is 493. The van der Waals surface area contributed by atoms with Crippen molar-refractivity contribution in [2.24, 2.45) is 0 Å². The minimum absolute atomic E-state index is 0.546. The van der Waals surface area contributed by atoms with Crippen LogP contribution >= 0.6 is 0 Å². The number of fused-ring (bicyclic) bond motifs is 1. The summed E-state index contributed by atoms with van der Waals surface area (Å²) in [6, 6.07) is 0.546. The van der Waals surface area contributed by atoms with Gasteiger partial charge >= 0.3 is 0 Å². The van der Waals surface area contributed by atoms with Crippen LogP contribution in [-0.4, -0.2) is 45.8 Å². The molecular formula is C10H14N6. The van der Waals surface area contributed by atoms with Crippen molar-refractivity contribution in [3.05, 3.63) is 18.7 Å². The summed E-state index contributed by atoms with van der Waals surface area (Å²) in [5.41, 5.74) is 0.833. The van der Waals surface area contributed by atoms with E-state index in [9.17, 15) is 0 Å². The van der Waals surface area contributed by atoms with Crippen molar-refractivity contribution in [3.63, 3.8) is 0 Å². The van der Waals surface area contributed by atoms with Gasteiger partial charge in [-0.15, -0.1) is 10.2 Å². The topological polar surface area (TPSA) is 58.4 Å². The number of nitrogens with one attached hydrogen (secondary N) is 1. The molecule has 0 bridgehead atoms. The van der Waals surface area contributed by atoms with Crippen molar-refractivity contribution < 1.29 is 0 Å². The van der Waals surface area contributed by atoms with Gasteiger partial charge in [-0.3, -0.25) is 4.40 Å². The number of anilines is 1. The van der Waals surface area contributed by atoms with Gasteiger partial charge in [0.2, 0.25) is 5.65 Å². The predicted molar refractivity (Wildman–Crippen MR) is 60.5 cm³/mol. The lowest BCUT2D eigenvalue weighted by atomic mass is 10.3. The molecule has 1 N–H and O–H groups in total. The lowest BCUT2D eigenvalue weighted by Crippen LogP contribution is -2.30. The molecule has 1 unspecified atom stereocenters. The van der Waals surface area contributed by atoms with Gasteiger partial charge in [0.15, 0.2) is 5.82 Å². The van der Waals surface area contributed by atoms with Crippen LogP contribution in [0.2, 0.25) is 0 Å². The Labute approximate surface area is 93.3 Å². The Kier molecular flexibility index (Phi) is 2.21. The third-order valence-corrected chi connectivity index (χ3v) is 3.09. The van der Waals surface area contributed by atoms with Crippen molar-refractivity contribution >= 4 is 11.5 Å². The van der Waals surface area contributed by atoms with Crippen LogP contribution in [0.3, 0.4) is 0 Å². The molecule has 2 aromatic rings. The molecule has 84 valence electrons. The third-order valence-electron chi connectivity index (χ3n) is 3.09. The zero-order valence-corrected chi connectivity index (χ0v) is 9.17. The molecular weight excluding hydrogens is 204 g/mol. The van der Waals surface area contributed by atoms with Crippen LogP contribution in [0.25, 0.3) is 5.65 Å². The average molecular weight is 218 g/mol. The van der Waals surface area contributed by atoms with Crippen molar-refractivity contribution in [2.75, 3.05) is 25.0 Å². The summed E-state index contributed by atoms with van der Waals surface area (Å²) in [6.45, 7) is 2.00. The van der Waals surface area contributed by atoms with E-state index in [0.717, 1.165) is 31.0 Å². The quantitative estimate of drug-likeness (QED) is 0.764.